The van der Waals surface area contributed by atoms with Gasteiger partial charge in [-0.15, -0.1) is 0 Å². The van der Waals surface area contributed by atoms with Gasteiger partial charge in [0.1, 0.15) is 11.2 Å². The van der Waals surface area contributed by atoms with Crippen molar-refractivity contribution in [1.82, 2.24) is 27.9 Å². The van der Waals surface area contributed by atoms with E-state index in [1.54, 1.807) is 0 Å². The highest BCUT2D eigenvalue weighted by Crippen LogP contribution is 2.45. The first-order valence-electron chi connectivity index (χ1n) is 19.6. The van der Waals surface area contributed by atoms with Crippen molar-refractivity contribution in [3.8, 4) is 22.5 Å². The lowest BCUT2D eigenvalue weighted by atomic mass is 9.98. The molecule has 0 aliphatic carbocycles. The summed E-state index contributed by atoms with van der Waals surface area (Å²) in [7, 11) is 0. The van der Waals surface area contributed by atoms with E-state index >= 15 is 0 Å². The molecule has 60 heavy (non-hydrogen) atoms. The minimum Gasteiger partial charge on any atom is -0.454 e. The molecule has 6 aromatic heterocycles. The molecule has 0 N–H and O–H groups in total. The molecule has 0 aliphatic heterocycles. The number of imidazole rings is 4. The Morgan fingerprint density at radius 2 is 1.05 bits per heavy atom. The summed E-state index contributed by atoms with van der Waals surface area (Å²) in [5.41, 5.74) is 14.0. The van der Waals surface area contributed by atoms with Crippen LogP contribution in [0.4, 0.5) is 0 Å². The van der Waals surface area contributed by atoms with Gasteiger partial charge in [0.05, 0.1) is 65.6 Å². The molecule has 0 bridgehead atoms. The first kappa shape index (κ1) is 32.4. The summed E-state index contributed by atoms with van der Waals surface area (Å²) in [5, 5.41) is 5.26. The summed E-state index contributed by atoms with van der Waals surface area (Å²) in [6, 6.07) is 53.5. The van der Waals surface area contributed by atoms with Crippen LogP contribution in [0.3, 0.4) is 0 Å². The maximum absolute atomic E-state index is 7.57. The zero-order valence-electron chi connectivity index (χ0n) is 31.3. The molecule has 14 aromatic rings. The molecule has 0 unspecified atom stereocenters. The minimum absolute atomic E-state index is 0.576. The van der Waals surface area contributed by atoms with Crippen LogP contribution in [0.2, 0.25) is 10.0 Å². The molecular weight excluding hydrogens is 787 g/mol. The summed E-state index contributed by atoms with van der Waals surface area (Å²) in [5.74, 6) is 1.48. The third kappa shape index (κ3) is 4.11. The topological polar surface area (TPSA) is 70.7 Å². The maximum Gasteiger partial charge on any atom is 0.220 e. The molecule has 0 fully saturated rings. The van der Waals surface area contributed by atoms with Crippen LogP contribution in [-0.2, 0) is 0 Å². The van der Waals surface area contributed by atoms with Crippen LogP contribution in [0.15, 0.2) is 167 Å². The molecule has 0 spiro atoms. The van der Waals surface area contributed by atoms with Crippen molar-refractivity contribution in [2.45, 2.75) is 0 Å². The molecule has 0 saturated heterocycles. The summed E-state index contributed by atoms with van der Waals surface area (Å²) >= 11 is 14.6. The fraction of sp³-hybridized carbons (Fsp3) is 0. The Hall–Kier alpha value is -7.52. The lowest BCUT2D eigenvalue weighted by molar-refractivity contribution is 0.666. The molecular formula is C50H26Cl2N6O2. The van der Waals surface area contributed by atoms with Gasteiger partial charge in [0.15, 0.2) is 11.2 Å². The lowest BCUT2D eigenvalue weighted by Gasteiger charge is -2.12. The SMILES string of the molecule is Clc1cc(-c2ccc(-n3c4cccc(Cl)c4n4c5ccccc5nc34)c3oc4ccccc4c23)cc2c1n(-c1cccc3c1oc1ccccc13)c1nc3ccccc3n21. The number of hydrogen-bond donors (Lipinski definition) is 0. The van der Waals surface area contributed by atoms with E-state index in [0.717, 1.165) is 122 Å². The van der Waals surface area contributed by atoms with E-state index in [1.807, 2.05) is 84.9 Å². The van der Waals surface area contributed by atoms with E-state index in [2.05, 4.69) is 90.7 Å². The third-order valence-electron chi connectivity index (χ3n) is 12.1. The first-order valence-corrected chi connectivity index (χ1v) is 20.4. The highest BCUT2D eigenvalue weighted by Gasteiger charge is 2.27. The number of benzene rings is 8. The summed E-state index contributed by atoms with van der Waals surface area (Å²) in [6.07, 6.45) is 0. The number of hydrogen-bond acceptors (Lipinski definition) is 4. The van der Waals surface area contributed by atoms with Gasteiger partial charge in [-0.05, 0) is 83.9 Å². The molecule has 6 heterocycles. The van der Waals surface area contributed by atoms with E-state index in [9.17, 15) is 0 Å². The van der Waals surface area contributed by atoms with Crippen LogP contribution in [0.25, 0.3) is 122 Å². The number of halogens is 2. The second kappa shape index (κ2) is 11.6. The van der Waals surface area contributed by atoms with Gasteiger partial charge in [0, 0.05) is 21.5 Å². The predicted molar refractivity (Wildman–Crippen MR) is 243 cm³/mol. The second-order valence-corrected chi connectivity index (χ2v) is 16.1. The van der Waals surface area contributed by atoms with Crippen molar-refractivity contribution in [3.05, 3.63) is 168 Å². The number of para-hydroxylation sites is 8. The van der Waals surface area contributed by atoms with Crippen molar-refractivity contribution < 1.29 is 8.83 Å². The second-order valence-electron chi connectivity index (χ2n) is 15.3. The van der Waals surface area contributed by atoms with E-state index in [0.29, 0.717) is 10.0 Å². The van der Waals surface area contributed by atoms with Crippen molar-refractivity contribution >= 4 is 123 Å². The molecule has 0 radical (unpaired) electrons. The highest BCUT2D eigenvalue weighted by atomic mass is 35.5. The summed E-state index contributed by atoms with van der Waals surface area (Å²) in [4.78, 5) is 10.4. The molecule has 10 heteroatoms. The number of furan rings is 2. The smallest absolute Gasteiger partial charge is 0.220 e. The molecule has 8 nitrogen and oxygen atoms in total. The van der Waals surface area contributed by atoms with Crippen molar-refractivity contribution in [2.75, 3.05) is 0 Å². The van der Waals surface area contributed by atoms with Gasteiger partial charge in [-0.1, -0.05) is 108 Å². The Balaban J connectivity index is 1.08. The van der Waals surface area contributed by atoms with Crippen LogP contribution in [-0.4, -0.2) is 27.9 Å². The monoisotopic (exact) mass is 812 g/mol. The van der Waals surface area contributed by atoms with E-state index in [-0.39, 0.29) is 0 Å². The molecule has 282 valence electrons. The highest BCUT2D eigenvalue weighted by molar-refractivity contribution is 6.36. The van der Waals surface area contributed by atoms with Gasteiger partial charge in [0.2, 0.25) is 11.6 Å². The van der Waals surface area contributed by atoms with Gasteiger partial charge < -0.3 is 8.83 Å². The number of rotatable bonds is 3. The van der Waals surface area contributed by atoms with Crippen LogP contribution in [0, 0.1) is 0 Å². The van der Waals surface area contributed by atoms with Gasteiger partial charge in [0.25, 0.3) is 0 Å². The molecule has 0 atom stereocenters. The van der Waals surface area contributed by atoms with Crippen molar-refractivity contribution in [2.24, 2.45) is 0 Å². The van der Waals surface area contributed by atoms with E-state index in [1.165, 1.54) is 0 Å². The van der Waals surface area contributed by atoms with E-state index in [4.69, 9.17) is 42.0 Å². The average Bonchev–Trinajstić information content (AvgIpc) is 4.12. The van der Waals surface area contributed by atoms with Crippen molar-refractivity contribution in [1.29, 1.82) is 0 Å². The van der Waals surface area contributed by atoms with Gasteiger partial charge in [-0.25, -0.2) is 9.97 Å². The van der Waals surface area contributed by atoms with Crippen LogP contribution < -0.4 is 0 Å². The minimum atomic E-state index is 0.576. The van der Waals surface area contributed by atoms with Crippen LogP contribution in [0.5, 0.6) is 0 Å². The Kier molecular flexibility index (Phi) is 6.26. The summed E-state index contributed by atoms with van der Waals surface area (Å²) < 4.78 is 22.1. The Morgan fingerprint density at radius 3 is 1.87 bits per heavy atom. The van der Waals surface area contributed by atoms with Gasteiger partial charge >= 0.3 is 0 Å². The van der Waals surface area contributed by atoms with Crippen LogP contribution in [0.1, 0.15) is 0 Å². The molecule has 8 aromatic carbocycles. The number of aromatic nitrogens is 6. The first-order chi connectivity index (χ1) is 29.6. The maximum atomic E-state index is 7.57. The predicted octanol–water partition coefficient (Wildman–Crippen LogP) is 13.9. The third-order valence-corrected chi connectivity index (χ3v) is 12.7. The quantitative estimate of drug-likeness (QED) is 0.178. The zero-order valence-corrected chi connectivity index (χ0v) is 32.8. The Labute approximate surface area is 348 Å². The molecule has 14 rings (SSSR count). The van der Waals surface area contributed by atoms with Gasteiger partial charge in [-0.2, -0.15) is 0 Å². The zero-order chi connectivity index (χ0) is 39.4. The average molecular weight is 814 g/mol. The number of nitrogens with zero attached hydrogens (tertiary/aromatic N) is 6. The van der Waals surface area contributed by atoms with Gasteiger partial charge in [-0.3, -0.25) is 17.9 Å². The fourth-order valence-electron chi connectivity index (χ4n) is 9.64. The Morgan fingerprint density at radius 1 is 0.433 bits per heavy atom. The molecule has 0 amide bonds. The Bertz CT molecular complexity index is 4180. The van der Waals surface area contributed by atoms with Crippen molar-refractivity contribution in [3.63, 3.8) is 0 Å². The van der Waals surface area contributed by atoms with Crippen LogP contribution >= 0.6 is 23.2 Å². The molecule has 0 aliphatic rings. The normalized spacial score (nSPS) is 12.5. The largest absolute Gasteiger partial charge is 0.454 e. The molecule has 0 saturated carbocycles. The fourth-order valence-corrected chi connectivity index (χ4v) is 10.2. The number of fused-ring (bicyclic) bond motifs is 16. The lowest BCUT2D eigenvalue weighted by Crippen LogP contribution is -1.97. The standard InChI is InChI=1S/C50H26Cl2N6O2/c51-32-14-10-19-38-45(32)57-37-18-6-4-16-35(37)54-50(57)56(38)40-24-23-28(44-31-12-2-8-22-43(31)60-48(40)44)27-25-33(52)46-41(26-27)55-36-17-5-3-15-34(36)53-49(55)58(46)39-20-9-13-30-29-11-1-7-21-42(29)59-47(30)39/h1-26H. The van der Waals surface area contributed by atoms with E-state index < -0.39 is 0 Å². The summed E-state index contributed by atoms with van der Waals surface area (Å²) in [6.45, 7) is 0.